The van der Waals surface area contributed by atoms with Gasteiger partial charge in [-0.25, -0.2) is 4.98 Å². The number of ether oxygens (including phenoxy) is 2. The zero-order valence-electron chi connectivity index (χ0n) is 19.0. The molecule has 0 atom stereocenters. The first-order valence-electron chi connectivity index (χ1n) is 11.0. The Labute approximate surface area is 201 Å². The molecule has 2 heterocycles. The Hall–Kier alpha value is -3.72. The van der Waals surface area contributed by atoms with E-state index < -0.39 is 5.97 Å². The molecule has 0 N–H and O–H groups in total. The van der Waals surface area contributed by atoms with E-state index in [1.807, 2.05) is 36.4 Å². The monoisotopic (exact) mass is 479 g/mol. The normalized spacial score (nSPS) is 12.6. The van der Waals surface area contributed by atoms with Crippen LogP contribution in [-0.2, 0) is 32.1 Å². The van der Waals surface area contributed by atoms with E-state index in [1.165, 1.54) is 33.6 Å². The summed E-state index contributed by atoms with van der Waals surface area (Å²) in [5.41, 5.74) is 3.11. The molecule has 3 aromatic rings. The Kier molecular flexibility index (Phi) is 7.22. The van der Waals surface area contributed by atoms with E-state index in [2.05, 4.69) is 11.9 Å². The highest BCUT2D eigenvalue weighted by Crippen LogP contribution is 2.32. The maximum Gasteiger partial charge on any atom is 0.307 e. The van der Waals surface area contributed by atoms with Crippen LogP contribution in [0.25, 0.3) is 0 Å². The zero-order chi connectivity index (χ0) is 24.1. The number of hydrogen-bond donors (Lipinski definition) is 0. The number of hydrogen-bond acceptors (Lipinski definition) is 7. The lowest BCUT2D eigenvalue weighted by Gasteiger charge is -2.28. The fraction of sp³-hybridized carbons (Fsp3) is 0.280. The minimum absolute atomic E-state index is 0.0104. The van der Waals surface area contributed by atoms with Gasteiger partial charge in [0.2, 0.25) is 5.91 Å². The summed E-state index contributed by atoms with van der Waals surface area (Å²) in [6.45, 7) is 3.70. The maximum absolute atomic E-state index is 12.3. The number of nitrogens with zero attached hydrogens (tertiary/aromatic N) is 3. The number of benzene rings is 2. The van der Waals surface area contributed by atoms with Gasteiger partial charge in [0.05, 0.1) is 23.5 Å². The van der Waals surface area contributed by atoms with Gasteiger partial charge in [-0.05, 0) is 36.2 Å². The van der Waals surface area contributed by atoms with Crippen LogP contribution in [0.3, 0.4) is 0 Å². The molecule has 1 aliphatic heterocycles. The highest BCUT2D eigenvalue weighted by Gasteiger charge is 2.25. The highest BCUT2D eigenvalue weighted by atomic mass is 32.1. The van der Waals surface area contributed by atoms with Crippen molar-refractivity contribution in [3.63, 3.8) is 0 Å². The molecule has 0 radical (unpaired) electrons. The number of anilines is 3. The van der Waals surface area contributed by atoms with Gasteiger partial charge in [-0.1, -0.05) is 31.2 Å². The first-order chi connectivity index (χ1) is 16.5. The molecule has 0 aliphatic carbocycles. The van der Waals surface area contributed by atoms with E-state index in [0.29, 0.717) is 22.3 Å². The summed E-state index contributed by atoms with van der Waals surface area (Å²) in [5, 5.41) is 2.28. The predicted octanol–water partition coefficient (Wildman–Crippen LogP) is 4.25. The van der Waals surface area contributed by atoms with E-state index in [0.717, 1.165) is 12.1 Å². The number of thiazole rings is 1. The number of para-hydroxylation sites is 2. The summed E-state index contributed by atoms with van der Waals surface area (Å²) in [4.78, 5) is 44.4. The fourth-order valence-electron chi connectivity index (χ4n) is 3.60. The van der Waals surface area contributed by atoms with Gasteiger partial charge in [0, 0.05) is 18.8 Å². The largest absolute Gasteiger partial charge is 0.482 e. The molecule has 176 valence electrons. The lowest BCUT2D eigenvalue weighted by Crippen LogP contribution is -2.40. The minimum atomic E-state index is -0.440. The second-order valence-corrected chi connectivity index (χ2v) is 8.54. The minimum Gasteiger partial charge on any atom is -0.482 e. The third-order valence-electron chi connectivity index (χ3n) is 5.38. The number of esters is 1. The first kappa shape index (κ1) is 23.4. The fourth-order valence-corrected chi connectivity index (χ4v) is 4.47. The van der Waals surface area contributed by atoms with E-state index in [4.69, 9.17) is 9.47 Å². The lowest BCUT2D eigenvalue weighted by molar-refractivity contribution is -0.144. The van der Waals surface area contributed by atoms with E-state index in [9.17, 15) is 14.4 Å². The van der Waals surface area contributed by atoms with Crippen molar-refractivity contribution in [2.45, 2.75) is 33.3 Å². The van der Waals surface area contributed by atoms with Crippen LogP contribution in [0.5, 0.6) is 5.75 Å². The van der Waals surface area contributed by atoms with Gasteiger partial charge in [0.25, 0.3) is 5.91 Å². The van der Waals surface area contributed by atoms with E-state index in [-0.39, 0.29) is 38.0 Å². The van der Waals surface area contributed by atoms with Gasteiger partial charge in [-0.2, -0.15) is 0 Å². The summed E-state index contributed by atoms with van der Waals surface area (Å²) in [6, 6.07) is 15.0. The Morgan fingerprint density at radius 1 is 1.18 bits per heavy atom. The summed E-state index contributed by atoms with van der Waals surface area (Å²) in [6.07, 6.45) is 0.958. The Balaban J connectivity index is 1.34. The van der Waals surface area contributed by atoms with Crippen LogP contribution < -0.4 is 14.5 Å². The number of fused-ring (bicyclic) bond motifs is 1. The molecule has 0 saturated heterocycles. The molecular formula is C25H25N3O5S. The maximum atomic E-state index is 12.3. The van der Waals surface area contributed by atoms with Crippen LogP contribution >= 0.6 is 11.3 Å². The molecule has 4 rings (SSSR count). The van der Waals surface area contributed by atoms with Gasteiger partial charge in [-0.3, -0.25) is 19.3 Å². The van der Waals surface area contributed by atoms with Crippen LogP contribution in [0.2, 0.25) is 0 Å². The number of aromatic nitrogens is 1. The second-order valence-electron chi connectivity index (χ2n) is 7.71. The molecule has 2 amide bonds. The summed E-state index contributed by atoms with van der Waals surface area (Å²) >= 11 is 1.31. The van der Waals surface area contributed by atoms with E-state index >= 15 is 0 Å². The van der Waals surface area contributed by atoms with E-state index in [1.54, 1.807) is 17.5 Å². The van der Waals surface area contributed by atoms with Crippen molar-refractivity contribution in [2.24, 2.45) is 0 Å². The quantitative estimate of drug-likeness (QED) is 0.449. The van der Waals surface area contributed by atoms with Crippen molar-refractivity contribution >= 4 is 45.6 Å². The third kappa shape index (κ3) is 5.26. The Morgan fingerprint density at radius 2 is 1.94 bits per heavy atom. The van der Waals surface area contributed by atoms with Crippen molar-refractivity contribution in [3.05, 3.63) is 65.2 Å². The standard InChI is InChI=1S/C25H25N3O5S/c1-3-18-8-10-20(11-9-18)28(17(2)29)25-26-19(16-34-25)14-33-24(31)12-13-27-21-6-4-5-7-22(21)32-15-23(27)30/h4-11,16H,3,12-15H2,1-2H3. The molecule has 1 aliphatic rings. The molecule has 1 aromatic heterocycles. The van der Waals surface area contributed by atoms with Crippen LogP contribution in [0.15, 0.2) is 53.9 Å². The smallest absolute Gasteiger partial charge is 0.307 e. The Bertz CT molecular complexity index is 1190. The molecule has 8 nitrogen and oxygen atoms in total. The molecule has 2 aromatic carbocycles. The van der Waals surface area contributed by atoms with Crippen molar-refractivity contribution < 1.29 is 23.9 Å². The van der Waals surface area contributed by atoms with Crippen molar-refractivity contribution in [3.8, 4) is 5.75 Å². The summed E-state index contributed by atoms with van der Waals surface area (Å²) in [5.74, 6) is -0.181. The number of aryl methyl sites for hydroxylation is 1. The summed E-state index contributed by atoms with van der Waals surface area (Å²) in [7, 11) is 0. The van der Waals surface area contributed by atoms with Gasteiger partial charge in [-0.15, -0.1) is 11.3 Å². The SMILES string of the molecule is CCc1ccc(N(C(C)=O)c2nc(COC(=O)CCN3C(=O)COc4ccccc43)cs2)cc1. The molecule has 0 saturated carbocycles. The van der Waals surface area contributed by atoms with Crippen LogP contribution in [0.4, 0.5) is 16.5 Å². The third-order valence-corrected chi connectivity index (χ3v) is 6.25. The molecular weight excluding hydrogens is 454 g/mol. The van der Waals surface area contributed by atoms with Gasteiger partial charge < -0.3 is 14.4 Å². The molecule has 34 heavy (non-hydrogen) atoms. The first-order valence-corrected chi connectivity index (χ1v) is 11.9. The van der Waals surface area contributed by atoms with Crippen molar-refractivity contribution in [2.75, 3.05) is 23.0 Å². The molecule has 0 fully saturated rings. The van der Waals surface area contributed by atoms with Gasteiger partial charge in [0.15, 0.2) is 11.7 Å². The summed E-state index contributed by atoms with van der Waals surface area (Å²) < 4.78 is 10.8. The lowest BCUT2D eigenvalue weighted by atomic mass is 10.1. The highest BCUT2D eigenvalue weighted by molar-refractivity contribution is 7.14. The average Bonchev–Trinajstić information content (AvgIpc) is 3.30. The second kappa shape index (κ2) is 10.5. The molecule has 9 heteroatoms. The molecule has 0 bridgehead atoms. The van der Waals surface area contributed by atoms with Gasteiger partial charge >= 0.3 is 5.97 Å². The Morgan fingerprint density at radius 3 is 2.68 bits per heavy atom. The zero-order valence-corrected chi connectivity index (χ0v) is 19.8. The number of carbonyl (C=O) groups is 3. The average molecular weight is 480 g/mol. The van der Waals surface area contributed by atoms with Crippen LogP contribution in [0, 0.1) is 0 Å². The number of rotatable bonds is 8. The van der Waals surface area contributed by atoms with Crippen molar-refractivity contribution in [1.29, 1.82) is 0 Å². The van der Waals surface area contributed by atoms with Crippen LogP contribution in [0.1, 0.15) is 31.5 Å². The number of amides is 2. The molecule has 0 spiro atoms. The predicted molar refractivity (Wildman–Crippen MR) is 129 cm³/mol. The van der Waals surface area contributed by atoms with Crippen molar-refractivity contribution in [1.82, 2.24) is 4.98 Å². The van der Waals surface area contributed by atoms with Gasteiger partial charge in [0.1, 0.15) is 12.4 Å². The van der Waals surface area contributed by atoms with Crippen LogP contribution in [-0.4, -0.2) is 35.9 Å². The number of carbonyl (C=O) groups excluding carboxylic acids is 3. The topological polar surface area (TPSA) is 89.0 Å². The molecule has 0 unspecified atom stereocenters.